The second kappa shape index (κ2) is 7.39. The Morgan fingerprint density at radius 1 is 1.35 bits per heavy atom. The number of hydrogen-bond donors (Lipinski definition) is 1. The Kier molecular flexibility index (Phi) is 5.82. The summed E-state index contributed by atoms with van der Waals surface area (Å²) in [6, 6.07) is 7.26. The molecular formula is C17H25BrN2. The van der Waals surface area contributed by atoms with Crippen molar-refractivity contribution in [2.45, 2.75) is 46.3 Å². The second-order valence-corrected chi connectivity index (χ2v) is 6.85. The van der Waals surface area contributed by atoms with Crippen molar-refractivity contribution in [1.29, 1.82) is 0 Å². The highest BCUT2D eigenvalue weighted by Gasteiger charge is 2.11. The van der Waals surface area contributed by atoms with E-state index >= 15 is 0 Å². The standard InChI is InChI=1S/C17H25BrN2/c1-13(2)19-11-15-4-5-16(17(18)10-15)12-20-8-6-14(3)7-9-20/h4-6,10,13,19H,7-9,11-12H2,1-3H3. The summed E-state index contributed by atoms with van der Waals surface area (Å²) >= 11 is 3.72. The van der Waals surface area contributed by atoms with E-state index in [2.05, 4.69) is 71.2 Å². The summed E-state index contributed by atoms with van der Waals surface area (Å²) in [5.41, 5.74) is 4.24. The number of nitrogens with one attached hydrogen (secondary N) is 1. The van der Waals surface area contributed by atoms with Crippen molar-refractivity contribution in [3.8, 4) is 0 Å². The minimum atomic E-state index is 0.525. The Morgan fingerprint density at radius 2 is 2.15 bits per heavy atom. The number of rotatable bonds is 5. The smallest absolute Gasteiger partial charge is 0.0248 e. The quantitative estimate of drug-likeness (QED) is 0.814. The fourth-order valence-corrected chi connectivity index (χ4v) is 2.90. The second-order valence-electron chi connectivity index (χ2n) is 6.00. The lowest BCUT2D eigenvalue weighted by Crippen LogP contribution is -2.28. The van der Waals surface area contributed by atoms with Gasteiger partial charge in [0.1, 0.15) is 0 Å². The molecule has 0 saturated carbocycles. The number of halogens is 1. The highest BCUT2D eigenvalue weighted by atomic mass is 79.9. The monoisotopic (exact) mass is 336 g/mol. The maximum absolute atomic E-state index is 3.72. The van der Waals surface area contributed by atoms with Crippen molar-refractivity contribution < 1.29 is 0 Å². The molecule has 0 aliphatic carbocycles. The van der Waals surface area contributed by atoms with Crippen molar-refractivity contribution in [2.24, 2.45) is 0 Å². The first kappa shape index (κ1) is 15.7. The molecule has 0 bridgehead atoms. The van der Waals surface area contributed by atoms with Crippen LogP contribution in [0.2, 0.25) is 0 Å². The molecule has 1 aliphatic rings. The first-order chi connectivity index (χ1) is 9.54. The molecule has 0 aromatic heterocycles. The summed E-state index contributed by atoms with van der Waals surface area (Å²) in [6.45, 7) is 10.8. The van der Waals surface area contributed by atoms with E-state index in [1.54, 1.807) is 0 Å². The molecule has 0 saturated heterocycles. The lowest BCUT2D eigenvalue weighted by Gasteiger charge is -2.25. The average Bonchev–Trinajstić information content (AvgIpc) is 2.41. The van der Waals surface area contributed by atoms with Gasteiger partial charge in [0.25, 0.3) is 0 Å². The van der Waals surface area contributed by atoms with E-state index in [-0.39, 0.29) is 0 Å². The Hall–Kier alpha value is -0.640. The van der Waals surface area contributed by atoms with Crippen molar-refractivity contribution in [3.05, 3.63) is 45.4 Å². The summed E-state index contributed by atoms with van der Waals surface area (Å²) in [4.78, 5) is 2.50. The van der Waals surface area contributed by atoms with Crippen LogP contribution in [-0.4, -0.2) is 24.0 Å². The van der Waals surface area contributed by atoms with E-state index in [0.29, 0.717) is 6.04 Å². The van der Waals surface area contributed by atoms with Gasteiger partial charge >= 0.3 is 0 Å². The van der Waals surface area contributed by atoms with E-state index in [1.807, 2.05) is 0 Å². The van der Waals surface area contributed by atoms with Crippen LogP contribution in [0, 0.1) is 0 Å². The predicted octanol–water partition coefficient (Wildman–Crippen LogP) is 4.10. The Bertz CT molecular complexity index is 480. The van der Waals surface area contributed by atoms with Crippen LogP contribution in [0.15, 0.2) is 34.3 Å². The van der Waals surface area contributed by atoms with Crippen molar-refractivity contribution >= 4 is 15.9 Å². The molecule has 1 N–H and O–H groups in total. The molecule has 0 amide bonds. The summed E-state index contributed by atoms with van der Waals surface area (Å²) in [5.74, 6) is 0. The Labute approximate surface area is 131 Å². The molecule has 1 aromatic carbocycles. The number of hydrogen-bond acceptors (Lipinski definition) is 2. The lowest BCUT2D eigenvalue weighted by molar-refractivity contribution is 0.285. The van der Waals surface area contributed by atoms with Crippen molar-refractivity contribution in [2.75, 3.05) is 13.1 Å². The lowest BCUT2D eigenvalue weighted by atomic mass is 10.1. The maximum Gasteiger partial charge on any atom is 0.0248 e. The predicted molar refractivity (Wildman–Crippen MR) is 89.8 cm³/mol. The molecular weight excluding hydrogens is 312 g/mol. The molecule has 1 aromatic rings. The summed E-state index contributed by atoms with van der Waals surface area (Å²) in [5, 5.41) is 3.46. The van der Waals surface area contributed by atoms with Crippen LogP contribution in [0.5, 0.6) is 0 Å². The third-order valence-corrected chi connectivity index (χ3v) is 4.48. The van der Waals surface area contributed by atoms with Gasteiger partial charge < -0.3 is 5.32 Å². The fourth-order valence-electron chi connectivity index (χ4n) is 2.35. The van der Waals surface area contributed by atoms with Gasteiger partial charge in [0.05, 0.1) is 0 Å². The third kappa shape index (κ3) is 4.72. The highest BCUT2D eigenvalue weighted by molar-refractivity contribution is 9.10. The first-order valence-electron chi connectivity index (χ1n) is 7.43. The van der Waals surface area contributed by atoms with Crippen molar-refractivity contribution in [1.82, 2.24) is 10.2 Å². The molecule has 0 unspecified atom stereocenters. The van der Waals surface area contributed by atoms with Crippen LogP contribution >= 0.6 is 15.9 Å². The zero-order chi connectivity index (χ0) is 14.5. The molecule has 0 atom stereocenters. The fraction of sp³-hybridized carbons (Fsp3) is 0.529. The van der Waals surface area contributed by atoms with E-state index in [9.17, 15) is 0 Å². The van der Waals surface area contributed by atoms with E-state index in [1.165, 1.54) is 34.1 Å². The van der Waals surface area contributed by atoms with Crippen LogP contribution < -0.4 is 5.32 Å². The van der Waals surface area contributed by atoms with Crippen LogP contribution in [0.4, 0.5) is 0 Å². The average molecular weight is 337 g/mol. The number of nitrogens with zero attached hydrogens (tertiary/aromatic N) is 1. The van der Waals surface area contributed by atoms with Gasteiger partial charge in [-0.15, -0.1) is 0 Å². The minimum Gasteiger partial charge on any atom is -0.310 e. The van der Waals surface area contributed by atoms with Gasteiger partial charge in [0.15, 0.2) is 0 Å². The Morgan fingerprint density at radius 3 is 2.75 bits per heavy atom. The molecule has 0 spiro atoms. The zero-order valence-electron chi connectivity index (χ0n) is 12.7. The van der Waals surface area contributed by atoms with Crippen LogP contribution in [0.25, 0.3) is 0 Å². The largest absolute Gasteiger partial charge is 0.310 e. The molecule has 0 fully saturated rings. The normalized spacial score (nSPS) is 16.6. The summed E-state index contributed by atoms with van der Waals surface area (Å²) in [6.07, 6.45) is 3.55. The third-order valence-electron chi connectivity index (χ3n) is 3.75. The summed E-state index contributed by atoms with van der Waals surface area (Å²) in [7, 11) is 0. The molecule has 2 rings (SSSR count). The zero-order valence-corrected chi connectivity index (χ0v) is 14.3. The SMILES string of the molecule is CC1=CCN(Cc2ccc(CNC(C)C)cc2Br)CC1. The molecule has 110 valence electrons. The number of benzene rings is 1. The molecule has 2 nitrogen and oxygen atoms in total. The van der Waals surface area contributed by atoms with Gasteiger partial charge in [0, 0.05) is 36.7 Å². The van der Waals surface area contributed by atoms with Crippen LogP contribution in [0.1, 0.15) is 38.3 Å². The van der Waals surface area contributed by atoms with E-state index in [4.69, 9.17) is 0 Å². The molecule has 20 heavy (non-hydrogen) atoms. The molecule has 0 radical (unpaired) electrons. The van der Waals surface area contributed by atoms with Gasteiger partial charge in [-0.05, 0) is 30.5 Å². The van der Waals surface area contributed by atoms with E-state index in [0.717, 1.165) is 19.6 Å². The van der Waals surface area contributed by atoms with Crippen molar-refractivity contribution in [3.63, 3.8) is 0 Å². The van der Waals surface area contributed by atoms with Gasteiger partial charge in [-0.1, -0.05) is 53.6 Å². The Balaban J connectivity index is 1.95. The molecule has 1 heterocycles. The summed E-state index contributed by atoms with van der Waals surface area (Å²) < 4.78 is 1.23. The highest BCUT2D eigenvalue weighted by Crippen LogP contribution is 2.22. The minimum absolute atomic E-state index is 0.525. The molecule has 3 heteroatoms. The van der Waals surface area contributed by atoms with Gasteiger partial charge in [-0.2, -0.15) is 0 Å². The van der Waals surface area contributed by atoms with Crippen LogP contribution in [0.3, 0.4) is 0 Å². The van der Waals surface area contributed by atoms with Gasteiger partial charge in [0.2, 0.25) is 0 Å². The maximum atomic E-state index is 3.72. The molecule has 1 aliphatic heterocycles. The van der Waals surface area contributed by atoms with Crippen LogP contribution in [-0.2, 0) is 13.1 Å². The first-order valence-corrected chi connectivity index (χ1v) is 8.22. The van der Waals surface area contributed by atoms with Gasteiger partial charge in [-0.25, -0.2) is 0 Å². The van der Waals surface area contributed by atoms with Gasteiger partial charge in [-0.3, -0.25) is 4.90 Å². The topological polar surface area (TPSA) is 15.3 Å². The van der Waals surface area contributed by atoms with E-state index < -0.39 is 0 Å².